The van der Waals surface area contributed by atoms with Gasteiger partial charge in [0.25, 0.3) is 0 Å². The molecule has 4 bridgehead atoms. The van der Waals surface area contributed by atoms with E-state index in [-0.39, 0.29) is 35.6 Å². The molecule has 14 heteroatoms. The van der Waals surface area contributed by atoms with Gasteiger partial charge in [-0.15, -0.1) is 0 Å². The van der Waals surface area contributed by atoms with E-state index in [9.17, 15) is 44.9 Å². The Labute approximate surface area is 197 Å². The van der Waals surface area contributed by atoms with Crippen LogP contribution in [0.4, 0.5) is 17.6 Å². The summed E-state index contributed by atoms with van der Waals surface area (Å²) in [5, 5.41) is -5.87. The summed E-state index contributed by atoms with van der Waals surface area (Å²) in [6, 6.07) is 0. The van der Waals surface area contributed by atoms with Gasteiger partial charge >= 0.3 is 29.1 Å². The lowest BCUT2D eigenvalue weighted by atomic mass is 9.79. The molecular formula is C21H23F4O9S-. The third kappa shape index (κ3) is 3.73. The smallest absolute Gasteiger partial charge is 0.396 e. The lowest BCUT2D eigenvalue weighted by Crippen LogP contribution is -2.47. The molecule has 0 N–H and O–H groups in total. The molecule has 0 aromatic heterocycles. The monoisotopic (exact) mass is 527 g/mol. The first kappa shape index (κ1) is 24.7. The standard InChI is InChI=1S/C21H24F4O9S/c22-20(23,21(24,25)35(29,30)31)3-4-32-18(27)13-8-1-2-9(5-8)14(13)19(28)33-15-10-6-11-12(7-10)17(26)34-16(11)15/h8-16H,1-7H2,(H,29,30,31)/p-1. The Morgan fingerprint density at radius 3 is 2.26 bits per heavy atom. The number of halogens is 4. The fraction of sp³-hybridized carbons (Fsp3) is 0.857. The molecule has 35 heavy (non-hydrogen) atoms. The van der Waals surface area contributed by atoms with Gasteiger partial charge in [0.15, 0.2) is 10.1 Å². The Morgan fingerprint density at radius 1 is 1.00 bits per heavy atom. The average Bonchev–Trinajstić information content (AvgIpc) is 3.54. The molecule has 5 rings (SSSR count). The first-order valence-electron chi connectivity index (χ1n) is 11.5. The molecule has 0 aromatic rings. The quantitative estimate of drug-likeness (QED) is 0.200. The number of ether oxygens (including phenoxy) is 3. The fourth-order valence-corrected chi connectivity index (χ4v) is 7.42. The van der Waals surface area contributed by atoms with Gasteiger partial charge in [0.2, 0.25) is 0 Å². The average molecular weight is 527 g/mol. The van der Waals surface area contributed by atoms with Crippen molar-refractivity contribution in [2.45, 2.75) is 61.9 Å². The maximum atomic E-state index is 13.7. The Morgan fingerprint density at radius 2 is 1.63 bits per heavy atom. The van der Waals surface area contributed by atoms with E-state index < -0.39 is 70.3 Å². The minimum Gasteiger partial charge on any atom is -0.743 e. The van der Waals surface area contributed by atoms with Gasteiger partial charge in [-0.05, 0) is 43.9 Å². The number of hydrogen-bond donors (Lipinski definition) is 0. The minimum absolute atomic E-state index is 0.00354. The van der Waals surface area contributed by atoms with Gasteiger partial charge in [0.05, 0.1) is 30.8 Å². The molecule has 0 spiro atoms. The van der Waals surface area contributed by atoms with Crippen molar-refractivity contribution in [2.75, 3.05) is 6.61 Å². The van der Waals surface area contributed by atoms with Crippen LogP contribution >= 0.6 is 0 Å². The SMILES string of the molecule is O=C1OC2C3CC(CC13)C2OC(=O)C1C2CCC(C2)C1C(=O)OCCC(F)(F)C(F)(F)S(=O)(=O)[O-]. The van der Waals surface area contributed by atoms with Gasteiger partial charge in [-0.1, -0.05) is 0 Å². The highest BCUT2D eigenvalue weighted by molar-refractivity contribution is 7.86. The maximum Gasteiger partial charge on any atom is 0.396 e. The second-order valence-electron chi connectivity index (χ2n) is 10.3. The van der Waals surface area contributed by atoms with Crippen LogP contribution in [0.25, 0.3) is 0 Å². The Hall–Kier alpha value is -1.96. The number of alkyl halides is 4. The van der Waals surface area contributed by atoms with Crippen LogP contribution in [0.3, 0.4) is 0 Å². The molecule has 9 nitrogen and oxygen atoms in total. The normalized spacial score (nSPS) is 39.7. The van der Waals surface area contributed by atoms with Crippen LogP contribution in [0.1, 0.15) is 38.5 Å². The summed E-state index contributed by atoms with van der Waals surface area (Å²) in [7, 11) is -6.64. The highest BCUT2D eigenvalue weighted by Gasteiger charge is 2.65. The third-order valence-electron chi connectivity index (χ3n) is 8.53. The molecule has 0 radical (unpaired) electrons. The molecule has 196 valence electrons. The second kappa shape index (κ2) is 8.02. The first-order chi connectivity index (χ1) is 16.2. The topological polar surface area (TPSA) is 136 Å². The van der Waals surface area contributed by atoms with Gasteiger partial charge in [-0.3, -0.25) is 14.4 Å². The first-order valence-corrected chi connectivity index (χ1v) is 12.9. The summed E-state index contributed by atoms with van der Waals surface area (Å²) >= 11 is 0. The van der Waals surface area contributed by atoms with Crippen LogP contribution in [-0.4, -0.2) is 60.9 Å². The van der Waals surface area contributed by atoms with Crippen molar-refractivity contribution in [1.82, 2.24) is 0 Å². The van der Waals surface area contributed by atoms with Crippen molar-refractivity contribution in [1.29, 1.82) is 0 Å². The number of hydrogen-bond acceptors (Lipinski definition) is 9. The van der Waals surface area contributed by atoms with Gasteiger partial charge in [0, 0.05) is 11.8 Å². The number of rotatable bonds is 8. The predicted molar refractivity (Wildman–Crippen MR) is 102 cm³/mol. The summed E-state index contributed by atoms with van der Waals surface area (Å²) in [5.41, 5.74) is 0. The van der Waals surface area contributed by atoms with Gasteiger partial charge in [0.1, 0.15) is 12.2 Å². The summed E-state index contributed by atoms with van der Waals surface area (Å²) in [6.45, 7) is -1.27. The van der Waals surface area contributed by atoms with Crippen LogP contribution in [0.15, 0.2) is 0 Å². The fourth-order valence-electron chi connectivity index (χ4n) is 6.95. The Balaban J connectivity index is 1.22. The molecule has 0 aromatic carbocycles. The third-order valence-corrected chi connectivity index (χ3v) is 9.45. The van der Waals surface area contributed by atoms with Crippen molar-refractivity contribution in [3.63, 3.8) is 0 Å². The van der Waals surface area contributed by atoms with Crippen LogP contribution in [0, 0.1) is 41.4 Å². The van der Waals surface area contributed by atoms with E-state index in [1.807, 2.05) is 0 Å². The highest BCUT2D eigenvalue weighted by Crippen LogP contribution is 2.57. The van der Waals surface area contributed by atoms with E-state index in [0.717, 1.165) is 0 Å². The summed E-state index contributed by atoms with van der Waals surface area (Å²) in [6.07, 6.45) is 0.0182. The number of carbonyl (C=O) groups is 3. The van der Waals surface area contributed by atoms with Crippen LogP contribution in [0.2, 0.25) is 0 Å². The molecule has 9 atom stereocenters. The highest BCUT2D eigenvalue weighted by atomic mass is 32.2. The van der Waals surface area contributed by atoms with Crippen LogP contribution in [0.5, 0.6) is 0 Å². The van der Waals surface area contributed by atoms with Crippen molar-refractivity contribution >= 4 is 28.0 Å². The number of carbonyl (C=O) groups excluding carboxylic acids is 3. The predicted octanol–water partition coefficient (Wildman–Crippen LogP) is 1.85. The maximum absolute atomic E-state index is 13.7. The summed E-state index contributed by atoms with van der Waals surface area (Å²) in [5.74, 6) is -9.83. The zero-order valence-corrected chi connectivity index (χ0v) is 19.1. The van der Waals surface area contributed by atoms with E-state index in [0.29, 0.717) is 32.1 Å². The van der Waals surface area contributed by atoms with E-state index in [1.165, 1.54) is 0 Å². The van der Waals surface area contributed by atoms with Crippen LogP contribution < -0.4 is 0 Å². The van der Waals surface area contributed by atoms with Crippen molar-refractivity contribution in [3.8, 4) is 0 Å². The van der Waals surface area contributed by atoms with Crippen molar-refractivity contribution in [2.24, 2.45) is 41.4 Å². The van der Waals surface area contributed by atoms with Gasteiger partial charge < -0.3 is 18.8 Å². The van der Waals surface area contributed by atoms with E-state index >= 15 is 0 Å². The minimum atomic E-state index is -6.64. The molecule has 5 fully saturated rings. The van der Waals surface area contributed by atoms with Gasteiger partial charge in [-0.2, -0.15) is 17.6 Å². The second-order valence-corrected chi connectivity index (χ2v) is 11.7. The zero-order valence-electron chi connectivity index (χ0n) is 18.2. The van der Waals surface area contributed by atoms with Crippen LogP contribution in [-0.2, 0) is 38.7 Å². The van der Waals surface area contributed by atoms with E-state index in [1.54, 1.807) is 0 Å². The van der Waals surface area contributed by atoms with Crippen molar-refractivity contribution < 1.29 is 59.1 Å². The summed E-state index contributed by atoms with van der Waals surface area (Å²) in [4.78, 5) is 37.8. The molecule has 1 aliphatic heterocycles. The molecule has 1 heterocycles. The van der Waals surface area contributed by atoms with E-state index in [2.05, 4.69) is 0 Å². The summed E-state index contributed by atoms with van der Waals surface area (Å²) < 4.78 is 101. The number of esters is 3. The molecule has 0 amide bonds. The molecule has 5 aliphatic rings. The molecule has 4 saturated carbocycles. The lowest BCUT2D eigenvalue weighted by molar-refractivity contribution is -0.181. The van der Waals surface area contributed by atoms with E-state index in [4.69, 9.17) is 14.2 Å². The molecule has 9 unspecified atom stereocenters. The Bertz CT molecular complexity index is 1050. The largest absolute Gasteiger partial charge is 0.743 e. The van der Waals surface area contributed by atoms with Crippen molar-refractivity contribution in [3.05, 3.63) is 0 Å². The molecular weight excluding hydrogens is 504 g/mol. The lowest BCUT2D eigenvalue weighted by Gasteiger charge is -2.32. The Kier molecular flexibility index (Phi) is 5.67. The molecule has 1 saturated heterocycles. The van der Waals surface area contributed by atoms with Gasteiger partial charge in [-0.25, -0.2) is 8.42 Å². The molecule has 4 aliphatic carbocycles. The zero-order chi connectivity index (χ0) is 25.5. The number of fused-ring (bicyclic) bond motifs is 3.